The summed E-state index contributed by atoms with van der Waals surface area (Å²) in [5.41, 5.74) is 1.37. The van der Waals surface area contributed by atoms with Crippen LogP contribution in [-0.4, -0.2) is 56.6 Å². The fourth-order valence-electron chi connectivity index (χ4n) is 2.90. The first kappa shape index (κ1) is 19.2. The molecular formula is C19H29N3O3. The van der Waals surface area contributed by atoms with Crippen LogP contribution in [0, 0.1) is 0 Å². The number of likely N-dealkylation sites (tertiary alicyclic amines) is 1. The first-order valence-electron chi connectivity index (χ1n) is 9.09. The monoisotopic (exact) mass is 347 g/mol. The first-order valence-corrected chi connectivity index (χ1v) is 9.09. The van der Waals surface area contributed by atoms with Gasteiger partial charge in [-0.25, -0.2) is 0 Å². The van der Waals surface area contributed by atoms with Gasteiger partial charge in [0.15, 0.2) is 0 Å². The van der Waals surface area contributed by atoms with E-state index in [0.29, 0.717) is 18.7 Å². The molecule has 1 aliphatic rings. The lowest BCUT2D eigenvalue weighted by molar-refractivity contribution is -0.129. The average molecular weight is 347 g/mol. The number of methoxy groups -OCH3 is 1. The molecule has 1 heterocycles. The van der Waals surface area contributed by atoms with Crippen molar-refractivity contribution in [1.29, 1.82) is 0 Å². The standard InChI is InChI=1S/C19H29N3O3/c1-25-13-7-10-20-19(24)16-8-6-9-17(14-16)21-15-18(23)22-11-4-2-3-5-12-22/h6,8-9,14,21H,2-5,7,10-13,15H2,1H3,(H,20,24). The maximum atomic E-state index is 12.3. The Morgan fingerprint density at radius 2 is 1.92 bits per heavy atom. The van der Waals surface area contributed by atoms with Gasteiger partial charge >= 0.3 is 0 Å². The van der Waals surface area contributed by atoms with Gasteiger partial charge in [0, 0.05) is 44.6 Å². The Morgan fingerprint density at radius 3 is 2.64 bits per heavy atom. The van der Waals surface area contributed by atoms with Crippen molar-refractivity contribution in [2.75, 3.05) is 45.2 Å². The number of amides is 2. The SMILES string of the molecule is COCCCNC(=O)c1cccc(NCC(=O)N2CCCCCC2)c1. The van der Waals surface area contributed by atoms with Crippen LogP contribution < -0.4 is 10.6 Å². The lowest BCUT2D eigenvalue weighted by Crippen LogP contribution is -2.36. The molecule has 0 aromatic heterocycles. The van der Waals surface area contributed by atoms with Gasteiger partial charge in [-0.15, -0.1) is 0 Å². The summed E-state index contributed by atoms with van der Waals surface area (Å²) in [6.45, 7) is 3.17. The summed E-state index contributed by atoms with van der Waals surface area (Å²) in [6.07, 6.45) is 5.37. The zero-order valence-corrected chi connectivity index (χ0v) is 15.1. The highest BCUT2D eigenvalue weighted by Crippen LogP contribution is 2.12. The lowest BCUT2D eigenvalue weighted by Gasteiger charge is -2.20. The Hall–Kier alpha value is -2.08. The van der Waals surface area contributed by atoms with Crippen LogP contribution in [0.25, 0.3) is 0 Å². The van der Waals surface area contributed by atoms with E-state index in [1.807, 2.05) is 17.0 Å². The van der Waals surface area contributed by atoms with Crippen LogP contribution in [0.5, 0.6) is 0 Å². The van der Waals surface area contributed by atoms with E-state index in [-0.39, 0.29) is 18.4 Å². The van der Waals surface area contributed by atoms with E-state index in [2.05, 4.69) is 10.6 Å². The van der Waals surface area contributed by atoms with Gasteiger partial charge in [0.1, 0.15) is 0 Å². The second kappa shape index (κ2) is 10.7. The van der Waals surface area contributed by atoms with Gasteiger partial charge in [-0.3, -0.25) is 9.59 Å². The first-order chi connectivity index (χ1) is 12.2. The molecule has 0 radical (unpaired) electrons. The number of ether oxygens (including phenoxy) is 1. The van der Waals surface area contributed by atoms with Crippen molar-refractivity contribution < 1.29 is 14.3 Å². The minimum Gasteiger partial charge on any atom is -0.385 e. The highest BCUT2D eigenvalue weighted by atomic mass is 16.5. The topological polar surface area (TPSA) is 70.7 Å². The molecule has 138 valence electrons. The smallest absolute Gasteiger partial charge is 0.251 e. The molecule has 1 fully saturated rings. The van der Waals surface area contributed by atoms with Crippen LogP contribution in [0.2, 0.25) is 0 Å². The Labute approximate surface area is 149 Å². The number of carbonyl (C=O) groups is 2. The van der Waals surface area contributed by atoms with Crippen LogP contribution >= 0.6 is 0 Å². The Kier molecular flexibility index (Phi) is 8.25. The van der Waals surface area contributed by atoms with E-state index in [9.17, 15) is 9.59 Å². The molecule has 0 bridgehead atoms. The molecule has 1 aromatic carbocycles. The predicted octanol–water partition coefficient (Wildman–Crippen LogP) is 2.27. The molecule has 1 saturated heterocycles. The molecule has 2 rings (SSSR count). The molecule has 2 N–H and O–H groups in total. The highest BCUT2D eigenvalue weighted by molar-refractivity contribution is 5.95. The zero-order valence-electron chi connectivity index (χ0n) is 15.1. The van der Waals surface area contributed by atoms with Crippen LogP contribution in [0.15, 0.2) is 24.3 Å². The van der Waals surface area contributed by atoms with Crippen LogP contribution in [-0.2, 0) is 9.53 Å². The molecule has 2 amide bonds. The quantitative estimate of drug-likeness (QED) is 0.708. The van der Waals surface area contributed by atoms with Gasteiger partial charge in [-0.2, -0.15) is 0 Å². The van der Waals surface area contributed by atoms with Crippen LogP contribution in [0.1, 0.15) is 42.5 Å². The molecule has 25 heavy (non-hydrogen) atoms. The molecule has 1 aromatic rings. The van der Waals surface area contributed by atoms with Gasteiger partial charge in [-0.05, 0) is 37.5 Å². The molecule has 0 spiro atoms. The maximum Gasteiger partial charge on any atom is 0.251 e. The summed E-state index contributed by atoms with van der Waals surface area (Å²) in [7, 11) is 1.64. The van der Waals surface area contributed by atoms with Crippen molar-refractivity contribution >= 4 is 17.5 Å². The minimum atomic E-state index is -0.112. The largest absolute Gasteiger partial charge is 0.385 e. The Morgan fingerprint density at radius 1 is 1.16 bits per heavy atom. The van der Waals surface area contributed by atoms with E-state index in [1.54, 1.807) is 19.2 Å². The van der Waals surface area contributed by atoms with Crippen molar-refractivity contribution in [2.24, 2.45) is 0 Å². The van der Waals surface area contributed by atoms with E-state index in [4.69, 9.17) is 4.74 Å². The number of rotatable bonds is 8. The van der Waals surface area contributed by atoms with E-state index < -0.39 is 0 Å². The fourth-order valence-corrected chi connectivity index (χ4v) is 2.90. The number of hydrogen-bond acceptors (Lipinski definition) is 4. The van der Waals surface area contributed by atoms with Crippen LogP contribution in [0.4, 0.5) is 5.69 Å². The number of carbonyl (C=O) groups excluding carboxylic acids is 2. The molecule has 1 aliphatic heterocycles. The van der Waals surface area contributed by atoms with E-state index in [0.717, 1.165) is 38.0 Å². The number of nitrogens with one attached hydrogen (secondary N) is 2. The third kappa shape index (κ3) is 6.74. The average Bonchev–Trinajstić information content (AvgIpc) is 2.93. The van der Waals surface area contributed by atoms with Gasteiger partial charge in [0.05, 0.1) is 6.54 Å². The third-order valence-electron chi connectivity index (χ3n) is 4.34. The Bertz CT molecular complexity index is 555. The van der Waals surface area contributed by atoms with Crippen molar-refractivity contribution in [3.8, 4) is 0 Å². The third-order valence-corrected chi connectivity index (χ3v) is 4.34. The van der Waals surface area contributed by atoms with E-state index in [1.165, 1.54) is 12.8 Å². The summed E-state index contributed by atoms with van der Waals surface area (Å²) >= 11 is 0. The molecular weight excluding hydrogens is 318 g/mol. The number of anilines is 1. The van der Waals surface area contributed by atoms with Crippen molar-refractivity contribution in [3.05, 3.63) is 29.8 Å². The number of benzene rings is 1. The van der Waals surface area contributed by atoms with Gasteiger partial charge in [0.2, 0.25) is 5.91 Å². The van der Waals surface area contributed by atoms with Crippen LogP contribution in [0.3, 0.4) is 0 Å². The second-order valence-corrected chi connectivity index (χ2v) is 6.33. The molecule has 6 heteroatoms. The molecule has 0 aliphatic carbocycles. The Balaban J connectivity index is 1.81. The van der Waals surface area contributed by atoms with Crippen molar-refractivity contribution in [1.82, 2.24) is 10.2 Å². The summed E-state index contributed by atoms with van der Waals surface area (Å²) in [4.78, 5) is 26.4. The lowest BCUT2D eigenvalue weighted by atomic mass is 10.2. The minimum absolute atomic E-state index is 0.112. The molecule has 6 nitrogen and oxygen atoms in total. The van der Waals surface area contributed by atoms with Crippen molar-refractivity contribution in [3.63, 3.8) is 0 Å². The maximum absolute atomic E-state index is 12.3. The van der Waals surface area contributed by atoms with E-state index >= 15 is 0 Å². The van der Waals surface area contributed by atoms with Gasteiger partial charge < -0.3 is 20.3 Å². The molecule has 0 atom stereocenters. The highest BCUT2D eigenvalue weighted by Gasteiger charge is 2.15. The number of hydrogen-bond donors (Lipinski definition) is 2. The summed E-state index contributed by atoms with van der Waals surface area (Å²) < 4.78 is 4.96. The zero-order chi connectivity index (χ0) is 17.9. The molecule has 0 unspecified atom stereocenters. The van der Waals surface area contributed by atoms with Crippen molar-refractivity contribution in [2.45, 2.75) is 32.1 Å². The summed E-state index contributed by atoms with van der Waals surface area (Å²) in [5, 5.41) is 6.01. The molecule has 0 saturated carbocycles. The normalized spacial score (nSPS) is 14.7. The predicted molar refractivity (Wildman–Crippen MR) is 98.8 cm³/mol. The van der Waals surface area contributed by atoms with Gasteiger partial charge in [0.25, 0.3) is 5.91 Å². The summed E-state index contributed by atoms with van der Waals surface area (Å²) in [5.74, 6) is 0.00918. The number of nitrogens with zero attached hydrogens (tertiary/aromatic N) is 1. The summed E-state index contributed by atoms with van der Waals surface area (Å²) in [6, 6.07) is 7.25. The fraction of sp³-hybridized carbons (Fsp3) is 0.579. The van der Waals surface area contributed by atoms with Gasteiger partial charge in [-0.1, -0.05) is 18.9 Å². The second-order valence-electron chi connectivity index (χ2n) is 6.33.